The third-order valence-corrected chi connectivity index (χ3v) is 3.21. The number of hydrogen-bond acceptors (Lipinski definition) is 2. The van der Waals surface area contributed by atoms with Gasteiger partial charge in [-0.3, -0.25) is 4.79 Å². The van der Waals surface area contributed by atoms with E-state index in [1.54, 1.807) is 6.07 Å². The third-order valence-electron chi connectivity index (χ3n) is 3.21. The van der Waals surface area contributed by atoms with Gasteiger partial charge in [-0.2, -0.15) is 0 Å². The summed E-state index contributed by atoms with van der Waals surface area (Å²) < 4.78 is 27.9. The van der Waals surface area contributed by atoms with Crippen LogP contribution in [0.1, 0.15) is 24.5 Å². The lowest BCUT2D eigenvalue weighted by Gasteiger charge is -2.29. The third kappa shape index (κ3) is 1.70. The van der Waals surface area contributed by atoms with E-state index in [9.17, 15) is 18.7 Å². The van der Waals surface area contributed by atoms with Gasteiger partial charge >= 0.3 is 0 Å². The van der Waals surface area contributed by atoms with Crippen LogP contribution in [0, 0.1) is 0 Å². The Balaban J connectivity index is 2.43. The molecule has 0 radical (unpaired) electrons. The summed E-state index contributed by atoms with van der Waals surface area (Å²) in [6, 6.07) is 6.04. The minimum atomic E-state index is -3.48. The van der Waals surface area contributed by atoms with Gasteiger partial charge in [0.1, 0.15) is 0 Å². The molecule has 0 fully saturated rings. The van der Waals surface area contributed by atoms with E-state index in [1.807, 2.05) is 6.92 Å². The average Bonchev–Trinajstić information content (AvgIpc) is 2.55. The number of benzene rings is 1. The Morgan fingerprint density at radius 3 is 2.78 bits per heavy atom. The molecule has 1 amide bonds. The van der Waals surface area contributed by atoms with Gasteiger partial charge < -0.3 is 10.4 Å². The van der Waals surface area contributed by atoms with Crippen molar-refractivity contribution in [2.24, 2.45) is 0 Å². The van der Waals surface area contributed by atoms with Gasteiger partial charge in [-0.1, -0.05) is 31.2 Å². The molecule has 5 heteroatoms. The smallest absolute Gasteiger partial charge is 0.293 e. The number of amides is 1. The fourth-order valence-electron chi connectivity index (χ4n) is 2.25. The highest BCUT2D eigenvalue weighted by atomic mass is 19.3. The van der Waals surface area contributed by atoms with Crippen LogP contribution in [0.3, 0.4) is 0 Å². The molecule has 0 bridgehead atoms. The van der Waals surface area contributed by atoms with Crippen molar-refractivity contribution in [2.45, 2.75) is 31.3 Å². The average molecular weight is 255 g/mol. The fraction of sp³-hybridized carbons (Fsp3) is 0.462. The largest absolute Gasteiger partial charge is 0.371 e. The number of rotatable bonds is 3. The van der Waals surface area contributed by atoms with Crippen molar-refractivity contribution in [1.29, 1.82) is 0 Å². The highest BCUT2D eigenvalue weighted by Gasteiger charge is 2.64. The zero-order valence-electron chi connectivity index (χ0n) is 10.0. The summed E-state index contributed by atoms with van der Waals surface area (Å²) in [4.78, 5) is 11.9. The van der Waals surface area contributed by atoms with Gasteiger partial charge in [0.2, 0.25) is 5.60 Å². The zero-order valence-corrected chi connectivity index (χ0v) is 10.0. The fourth-order valence-corrected chi connectivity index (χ4v) is 2.25. The SMILES string of the molecule is CCCNC(=O)[C@@]1(O)c2ccccc2CC1(F)F. The number of fused-ring (bicyclic) bond motifs is 1. The van der Waals surface area contributed by atoms with Crippen molar-refractivity contribution in [3.8, 4) is 0 Å². The molecule has 1 aromatic rings. The number of carbonyl (C=O) groups is 1. The molecule has 3 nitrogen and oxygen atoms in total. The highest BCUT2D eigenvalue weighted by Crippen LogP contribution is 2.47. The molecule has 1 aliphatic rings. The molecule has 2 rings (SSSR count). The van der Waals surface area contributed by atoms with Crippen LogP contribution < -0.4 is 5.32 Å². The van der Waals surface area contributed by atoms with Crippen molar-refractivity contribution in [1.82, 2.24) is 5.32 Å². The van der Waals surface area contributed by atoms with Crippen molar-refractivity contribution in [3.63, 3.8) is 0 Å². The van der Waals surface area contributed by atoms with Gasteiger partial charge in [-0.05, 0) is 12.0 Å². The minimum absolute atomic E-state index is 0.00334. The lowest BCUT2D eigenvalue weighted by atomic mass is 9.92. The molecule has 98 valence electrons. The van der Waals surface area contributed by atoms with E-state index in [4.69, 9.17) is 0 Å². The summed E-state index contributed by atoms with van der Waals surface area (Å²) in [5.41, 5.74) is -2.43. The summed E-state index contributed by atoms with van der Waals surface area (Å²) in [6.07, 6.45) is 0.00819. The van der Waals surface area contributed by atoms with Gasteiger partial charge in [0.25, 0.3) is 11.8 Å². The van der Waals surface area contributed by atoms with Crippen LogP contribution in [0.4, 0.5) is 8.78 Å². The quantitative estimate of drug-likeness (QED) is 0.861. The lowest BCUT2D eigenvalue weighted by molar-refractivity contribution is -0.188. The van der Waals surface area contributed by atoms with E-state index < -0.39 is 23.9 Å². The molecule has 1 aliphatic carbocycles. The van der Waals surface area contributed by atoms with Crippen molar-refractivity contribution in [3.05, 3.63) is 35.4 Å². The lowest BCUT2D eigenvalue weighted by Crippen LogP contribution is -2.54. The van der Waals surface area contributed by atoms with E-state index >= 15 is 0 Å². The second kappa shape index (κ2) is 4.31. The van der Waals surface area contributed by atoms with Crippen molar-refractivity contribution in [2.75, 3.05) is 6.54 Å². The topological polar surface area (TPSA) is 49.3 Å². The molecule has 18 heavy (non-hydrogen) atoms. The molecule has 0 heterocycles. The second-order valence-corrected chi connectivity index (χ2v) is 4.50. The summed E-state index contributed by atoms with van der Waals surface area (Å²) in [6.45, 7) is 2.07. The summed E-state index contributed by atoms with van der Waals surface area (Å²) in [5, 5.41) is 12.5. The van der Waals surface area contributed by atoms with E-state index in [0.717, 1.165) is 0 Å². The Morgan fingerprint density at radius 1 is 1.44 bits per heavy atom. The maximum Gasteiger partial charge on any atom is 0.293 e. The van der Waals surface area contributed by atoms with Gasteiger partial charge in [0.15, 0.2) is 0 Å². The maximum atomic E-state index is 14.0. The Hall–Kier alpha value is -1.49. The van der Waals surface area contributed by atoms with Gasteiger partial charge in [-0.25, -0.2) is 8.78 Å². The molecule has 0 unspecified atom stereocenters. The Bertz CT molecular complexity index is 476. The van der Waals surface area contributed by atoms with Crippen LogP contribution in [0.15, 0.2) is 24.3 Å². The second-order valence-electron chi connectivity index (χ2n) is 4.50. The van der Waals surface area contributed by atoms with Crippen molar-refractivity contribution >= 4 is 5.91 Å². The van der Waals surface area contributed by atoms with Crippen LogP contribution in [0.2, 0.25) is 0 Å². The summed E-state index contributed by atoms with van der Waals surface area (Å²) in [5.74, 6) is -4.51. The van der Waals surface area contributed by atoms with Gasteiger partial charge in [0.05, 0.1) is 0 Å². The number of aliphatic hydroxyl groups is 1. The van der Waals surface area contributed by atoms with Gasteiger partial charge in [0, 0.05) is 18.5 Å². The first kappa shape index (κ1) is 13.0. The summed E-state index contributed by atoms with van der Waals surface area (Å²) in [7, 11) is 0. The Kier molecular flexibility index (Phi) is 3.11. The Morgan fingerprint density at radius 2 is 2.11 bits per heavy atom. The monoisotopic (exact) mass is 255 g/mol. The van der Waals surface area contributed by atoms with Crippen LogP contribution >= 0.6 is 0 Å². The van der Waals surface area contributed by atoms with Crippen LogP contribution in [-0.2, 0) is 16.8 Å². The predicted molar refractivity (Wildman–Crippen MR) is 62.3 cm³/mol. The normalized spacial score (nSPS) is 24.7. The molecule has 0 saturated heterocycles. The van der Waals surface area contributed by atoms with E-state index in [-0.39, 0.29) is 12.1 Å². The first-order valence-corrected chi connectivity index (χ1v) is 5.90. The molecule has 1 atom stereocenters. The Labute approximate surface area is 104 Å². The zero-order chi connectivity index (χ0) is 13.4. The van der Waals surface area contributed by atoms with Gasteiger partial charge in [-0.15, -0.1) is 0 Å². The molecule has 1 aromatic carbocycles. The molecule has 0 spiro atoms. The molecule has 0 aliphatic heterocycles. The molecular weight excluding hydrogens is 240 g/mol. The summed E-state index contributed by atoms with van der Waals surface area (Å²) >= 11 is 0. The number of hydrogen-bond donors (Lipinski definition) is 2. The predicted octanol–water partition coefficient (Wildman–Crippen LogP) is 1.59. The molecular formula is C13H15F2NO2. The first-order chi connectivity index (χ1) is 8.43. The highest BCUT2D eigenvalue weighted by molar-refractivity contribution is 5.89. The van der Waals surface area contributed by atoms with Crippen LogP contribution in [0.25, 0.3) is 0 Å². The van der Waals surface area contributed by atoms with E-state index in [2.05, 4.69) is 5.32 Å². The van der Waals surface area contributed by atoms with E-state index in [0.29, 0.717) is 12.0 Å². The van der Waals surface area contributed by atoms with Crippen molar-refractivity contribution < 1.29 is 18.7 Å². The number of halogens is 2. The number of carbonyl (C=O) groups excluding carboxylic acids is 1. The van der Waals surface area contributed by atoms with Crippen LogP contribution in [-0.4, -0.2) is 23.5 Å². The number of alkyl halides is 2. The van der Waals surface area contributed by atoms with E-state index in [1.165, 1.54) is 18.2 Å². The maximum absolute atomic E-state index is 14.0. The number of nitrogens with one attached hydrogen (secondary N) is 1. The molecule has 0 aromatic heterocycles. The minimum Gasteiger partial charge on any atom is -0.371 e. The molecule has 0 saturated carbocycles. The van der Waals surface area contributed by atoms with Crippen LogP contribution in [0.5, 0.6) is 0 Å². The molecule has 2 N–H and O–H groups in total. The standard InChI is InChI=1S/C13H15F2NO2/c1-2-7-16-11(17)13(18)10-6-4-3-5-9(10)8-12(13,14)15/h3-6,18H,2,7-8H2,1H3,(H,16,17)/t13-/m0/s1. The first-order valence-electron chi connectivity index (χ1n) is 5.90.